The predicted molar refractivity (Wildman–Crippen MR) is 61.9 cm³/mol. The van der Waals surface area contributed by atoms with Crippen molar-refractivity contribution in [3.63, 3.8) is 0 Å². The SMILES string of the molecule is CCOC(=O)N(NC(=O)c1ccn[nH]1)C(=O)OCC. The van der Waals surface area contributed by atoms with Crippen LogP contribution in [-0.2, 0) is 9.47 Å². The van der Waals surface area contributed by atoms with Gasteiger partial charge in [-0.05, 0) is 19.9 Å². The minimum atomic E-state index is -1.03. The van der Waals surface area contributed by atoms with Gasteiger partial charge in [0.25, 0.3) is 5.91 Å². The first-order chi connectivity index (χ1) is 9.10. The topological polar surface area (TPSA) is 114 Å². The number of carbonyl (C=O) groups excluding carboxylic acids is 3. The Hall–Kier alpha value is -2.58. The minimum absolute atomic E-state index is 0.0503. The van der Waals surface area contributed by atoms with E-state index >= 15 is 0 Å². The molecule has 1 aromatic heterocycles. The number of amides is 3. The van der Waals surface area contributed by atoms with Crippen LogP contribution in [0.5, 0.6) is 0 Å². The zero-order valence-corrected chi connectivity index (χ0v) is 10.5. The van der Waals surface area contributed by atoms with Crippen molar-refractivity contribution in [2.24, 2.45) is 0 Å². The van der Waals surface area contributed by atoms with E-state index in [1.807, 2.05) is 0 Å². The molecule has 0 bridgehead atoms. The number of carbonyl (C=O) groups is 3. The van der Waals surface area contributed by atoms with E-state index < -0.39 is 18.1 Å². The third-order valence-electron chi connectivity index (χ3n) is 1.86. The number of rotatable bonds is 3. The van der Waals surface area contributed by atoms with Crippen LogP contribution >= 0.6 is 0 Å². The molecule has 0 saturated carbocycles. The molecule has 0 aliphatic rings. The first-order valence-electron chi connectivity index (χ1n) is 5.54. The molecule has 9 nitrogen and oxygen atoms in total. The third-order valence-corrected chi connectivity index (χ3v) is 1.86. The smallest absolute Gasteiger partial charge is 0.438 e. The van der Waals surface area contributed by atoms with Crippen LogP contribution in [0.3, 0.4) is 0 Å². The number of hydrogen-bond acceptors (Lipinski definition) is 6. The van der Waals surface area contributed by atoms with Crippen LogP contribution in [0.1, 0.15) is 24.3 Å². The van der Waals surface area contributed by atoms with Crippen LogP contribution in [0, 0.1) is 0 Å². The van der Waals surface area contributed by atoms with E-state index in [0.717, 1.165) is 0 Å². The first-order valence-corrected chi connectivity index (χ1v) is 5.54. The lowest BCUT2D eigenvalue weighted by molar-refractivity contribution is 0.0539. The van der Waals surface area contributed by atoms with E-state index in [2.05, 4.69) is 25.1 Å². The van der Waals surface area contributed by atoms with E-state index in [9.17, 15) is 14.4 Å². The van der Waals surface area contributed by atoms with E-state index in [-0.39, 0.29) is 18.9 Å². The zero-order chi connectivity index (χ0) is 14.3. The predicted octanol–water partition coefficient (Wildman–Crippen LogP) is 0.669. The molecule has 0 atom stereocenters. The summed E-state index contributed by atoms with van der Waals surface area (Å²) in [5, 5.41) is 6.32. The molecule has 0 unspecified atom stereocenters. The minimum Gasteiger partial charge on any atom is -0.448 e. The molecule has 0 aromatic carbocycles. The van der Waals surface area contributed by atoms with Crippen LogP contribution in [0.15, 0.2) is 12.3 Å². The van der Waals surface area contributed by atoms with E-state index in [1.54, 1.807) is 13.8 Å². The van der Waals surface area contributed by atoms with Crippen LogP contribution in [0.2, 0.25) is 0 Å². The number of aromatic amines is 1. The largest absolute Gasteiger partial charge is 0.448 e. The Morgan fingerprint density at radius 1 is 1.26 bits per heavy atom. The second-order valence-electron chi connectivity index (χ2n) is 3.14. The summed E-state index contributed by atoms with van der Waals surface area (Å²) in [6, 6.07) is 1.38. The number of hydrazine groups is 1. The number of hydrogen-bond donors (Lipinski definition) is 2. The fourth-order valence-electron chi connectivity index (χ4n) is 1.09. The maximum atomic E-state index is 11.7. The van der Waals surface area contributed by atoms with Gasteiger partial charge in [-0.25, -0.2) is 15.0 Å². The molecule has 0 fully saturated rings. The lowest BCUT2D eigenvalue weighted by Crippen LogP contribution is -2.50. The van der Waals surface area contributed by atoms with E-state index in [4.69, 9.17) is 0 Å². The highest BCUT2D eigenvalue weighted by molar-refractivity contribution is 5.97. The van der Waals surface area contributed by atoms with Gasteiger partial charge in [-0.2, -0.15) is 5.10 Å². The summed E-state index contributed by atoms with van der Waals surface area (Å²) in [6.45, 7) is 3.24. The highest BCUT2D eigenvalue weighted by atomic mass is 16.6. The van der Waals surface area contributed by atoms with E-state index in [0.29, 0.717) is 5.01 Å². The van der Waals surface area contributed by atoms with Crippen LogP contribution in [0.4, 0.5) is 9.59 Å². The van der Waals surface area contributed by atoms with Gasteiger partial charge in [0.05, 0.1) is 13.2 Å². The summed E-state index contributed by atoms with van der Waals surface area (Å²) >= 11 is 0. The van der Waals surface area contributed by atoms with Crippen molar-refractivity contribution in [3.8, 4) is 0 Å². The van der Waals surface area contributed by atoms with Gasteiger partial charge >= 0.3 is 12.2 Å². The average molecular weight is 270 g/mol. The number of H-pyrrole nitrogens is 1. The molecule has 0 radical (unpaired) electrons. The van der Waals surface area contributed by atoms with E-state index in [1.165, 1.54) is 12.3 Å². The molecule has 19 heavy (non-hydrogen) atoms. The summed E-state index contributed by atoms with van der Waals surface area (Å²) in [6.07, 6.45) is -0.712. The van der Waals surface area contributed by atoms with Crippen molar-refractivity contribution in [1.82, 2.24) is 20.6 Å². The van der Waals surface area contributed by atoms with Crippen LogP contribution in [-0.4, -0.2) is 46.5 Å². The third kappa shape index (κ3) is 3.98. The number of imide groups is 1. The lowest BCUT2D eigenvalue weighted by Gasteiger charge is -2.19. The molecule has 0 aliphatic carbocycles. The van der Waals surface area contributed by atoms with Gasteiger partial charge in [0, 0.05) is 6.20 Å². The summed E-state index contributed by atoms with van der Waals surface area (Å²) < 4.78 is 9.27. The zero-order valence-electron chi connectivity index (χ0n) is 10.5. The Kier molecular flexibility index (Phi) is 5.33. The van der Waals surface area contributed by atoms with Crippen molar-refractivity contribution in [1.29, 1.82) is 0 Å². The summed E-state index contributed by atoms with van der Waals surface area (Å²) in [5.74, 6) is -0.724. The summed E-state index contributed by atoms with van der Waals surface area (Å²) in [5.41, 5.74) is 2.14. The molecule has 1 aromatic rings. The van der Waals surface area contributed by atoms with Gasteiger partial charge < -0.3 is 9.47 Å². The number of nitrogens with one attached hydrogen (secondary N) is 2. The normalized spacial score (nSPS) is 9.58. The van der Waals surface area contributed by atoms with Crippen molar-refractivity contribution in [3.05, 3.63) is 18.0 Å². The van der Waals surface area contributed by atoms with Gasteiger partial charge in [-0.1, -0.05) is 0 Å². The monoisotopic (exact) mass is 270 g/mol. The molecule has 0 saturated heterocycles. The van der Waals surface area contributed by atoms with Crippen LogP contribution < -0.4 is 5.43 Å². The number of aromatic nitrogens is 2. The van der Waals surface area contributed by atoms with Crippen molar-refractivity contribution >= 4 is 18.1 Å². The Bertz CT molecular complexity index is 427. The lowest BCUT2D eigenvalue weighted by atomic mass is 10.4. The van der Waals surface area contributed by atoms with Crippen molar-refractivity contribution in [2.45, 2.75) is 13.8 Å². The van der Waals surface area contributed by atoms with Crippen LogP contribution in [0.25, 0.3) is 0 Å². The van der Waals surface area contributed by atoms with Gasteiger partial charge in [0.1, 0.15) is 5.69 Å². The van der Waals surface area contributed by atoms with Gasteiger partial charge in [-0.15, -0.1) is 5.01 Å². The quantitative estimate of drug-likeness (QED) is 0.780. The molecule has 2 N–H and O–H groups in total. The second-order valence-corrected chi connectivity index (χ2v) is 3.14. The highest BCUT2D eigenvalue weighted by Gasteiger charge is 2.27. The Morgan fingerprint density at radius 2 is 1.84 bits per heavy atom. The molecule has 1 heterocycles. The molecule has 9 heteroatoms. The molecule has 0 aliphatic heterocycles. The summed E-state index contributed by atoms with van der Waals surface area (Å²) in [7, 11) is 0. The molecule has 0 spiro atoms. The highest BCUT2D eigenvalue weighted by Crippen LogP contribution is 1.98. The number of ether oxygens (including phenoxy) is 2. The average Bonchev–Trinajstić information content (AvgIpc) is 2.90. The fourth-order valence-corrected chi connectivity index (χ4v) is 1.09. The van der Waals surface area contributed by atoms with Crippen molar-refractivity contribution in [2.75, 3.05) is 13.2 Å². The Balaban J connectivity index is 2.76. The Morgan fingerprint density at radius 3 is 2.26 bits per heavy atom. The van der Waals surface area contributed by atoms with Gasteiger partial charge in [0.2, 0.25) is 0 Å². The molecular weight excluding hydrogens is 256 g/mol. The van der Waals surface area contributed by atoms with Gasteiger partial charge in [0.15, 0.2) is 0 Å². The maximum absolute atomic E-state index is 11.7. The molecule has 1 rings (SSSR count). The van der Waals surface area contributed by atoms with Crippen molar-refractivity contribution < 1.29 is 23.9 Å². The Labute approximate surface area is 108 Å². The fraction of sp³-hybridized carbons (Fsp3) is 0.400. The molecular formula is C10H14N4O5. The molecule has 104 valence electrons. The van der Waals surface area contributed by atoms with Gasteiger partial charge in [-0.3, -0.25) is 9.89 Å². The maximum Gasteiger partial charge on any atom is 0.438 e. The summed E-state index contributed by atoms with van der Waals surface area (Å²) in [4.78, 5) is 34.7. The standard InChI is InChI=1S/C10H14N4O5/c1-3-18-9(16)14(10(17)19-4-2)13-8(15)7-5-6-11-12-7/h5-6H,3-4H2,1-2H3,(H,11,12)(H,13,15). The number of nitrogens with zero attached hydrogens (tertiary/aromatic N) is 2. The second kappa shape index (κ2) is 6.99. The first kappa shape index (κ1) is 14.5. The molecule has 3 amide bonds.